The van der Waals surface area contributed by atoms with E-state index >= 15 is 0 Å². The molecule has 1 aliphatic rings. The quantitative estimate of drug-likeness (QED) is 0.681. The van der Waals surface area contributed by atoms with Crippen LogP contribution in [0.25, 0.3) is 0 Å². The van der Waals surface area contributed by atoms with E-state index in [0.717, 1.165) is 26.3 Å². The van der Waals surface area contributed by atoms with Crippen LogP contribution in [0.5, 0.6) is 0 Å². The van der Waals surface area contributed by atoms with E-state index in [1.54, 1.807) is 0 Å². The van der Waals surface area contributed by atoms with Crippen LogP contribution in [0.1, 0.15) is 46.5 Å². The SMILES string of the molecule is CCCCCCNCC1COC(C)(C)OC1. The highest BCUT2D eigenvalue weighted by molar-refractivity contribution is 4.69. The van der Waals surface area contributed by atoms with Crippen molar-refractivity contribution in [2.45, 2.75) is 52.2 Å². The van der Waals surface area contributed by atoms with Crippen molar-refractivity contribution in [3.05, 3.63) is 0 Å². The molecule has 0 spiro atoms. The van der Waals surface area contributed by atoms with Crippen molar-refractivity contribution in [2.75, 3.05) is 26.3 Å². The zero-order chi connectivity index (χ0) is 11.9. The molecule has 0 aromatic rings. The Hall–Kier alpha value is -0.120. The summed E-state index contributed by atoms with van der Waals surface area (Å²) in [5.41, 5.74) is 0. The fraction of sp³-hybridized carbons (Fsp3) is 1.00. The second-order valence-corrected chi connectivity index (χ2v) is 5.15. The summed E-state index contributed by atoms with van der Waals surface area (Å²) < 4.78 is 11.2. The zero-order valence-electron chi connectivity index (χ0n) is 11.1. The molecule has 3 nitrogen and oxygen atoms in total. The number of rotatable bonds is 7. The van der Waals surface area contributed by atoms with Crippen LogP contribution < -0.4 is 5.32 Å². The standard InChI is InChI=1S/C13H27NO2/c1-4-5-6-7-8-14-9-12-10-15-13(2,3)16-11-12/h12,14H,4-11H2,1-3H3. The molecule has 0 bridgehead atoms. The van der Waals surface area contributed by atoms with E-state index in [-0.39, 0.29) is 5.79 Å². The van der Waals surface area contributed by atoms with Gasteiger partial charge in [-0.2, -0.15) is 0 Å². The Morgan fingerprint density at radius 1 is 1.12 bits per heavy atom. The molecule has 1 N–H and O–H groups in total. The summed E-state index contributed by atoms with van der Waals surface area (Å²) in [6, 6.07) is 0. The first-order chi connectivity index (χ1) is 7.64. The summed E-state index contributed by atoms with van der Waals surface area (Å²) in [6.07, 6.45) is 5.28. The van der Waals surface area contributed by atoms with Crippen molar-refractivity contribution in [1.82, 2.24) is 5.32 Å². The summed E-state index contributed by atoms with van der Waals surface area (Å²) in [5.74, 6) is 0.136. The lowest BCUT2D eigenvalue weighted by Gasteiger charge is -2.35. The van der Waals surface area contributed by atoms with Gasteiger partial charge in [-0.25, -0.2) is 0 Å². The van der Waals surface area contributed by atoms with E-state index in [2.05, 4.69) is 12.2 Å². The minimum Gasteiger partial charge on any atom is -0.350 e. The second kappa shape index (κ2) is 7.25. The van der Waals surface area contributed by atoms with E-state index in [9.17, 15) is 0 Å². The summed E-state index contributed by atoms with van der Waals surface area (Å²) in [7, 11) is 0. The van der Waals surface area contributed by atoms with Crippen LogP contribution in [0, 0.1) is 5.92 Å². The Morgan fingerprint density at radius 3 is 2.44 bits per heavy atom. The molecule has 1 heterocycles. The fourth-order valence-corrected chi connectivity index (χ4v) is 1.83. The van der Waals surface area contributed by atoms with Gasteiger partial charge in [-0.05, 0) is 26.8 Å². The Bertz CT molecular complexity index is 173. The first-order valence-electron chi connectivity index (χ1n) is 6.62. The van der Waals surface area contributed by atoms with Gasteiger partial charge in [-0.3, -0.25) is 0 Å². The number of ether oxygens (including phenoxy) is 2. The third-order valence-corrected chi connectivity index (χ3v) is 2.97. The van der Waals surface area contributed by atoms with Crippen molar-refractivity contribution in [2.24, 2.45) is 5.92 Å². The van der Waals surface area contributed by atoms with Crippen LogP contribution in [0.4, 0.5) is 0 Å². The van der Waals surface area contributed by atoms with E-state index in [4.69, 9.17) is 9.47 Å². The maximum absolute atomic E-state index is 5.61. The van der Waals surface area contributed by atoms with Gasteiger partial charge in [0.25, 0.3) is 0 Å². The van der Waals surface area contributed by atoms with Crippen LogP contribution in [-0.4, -0.2) is 32.1 Å². The molecule has 0 atom stereocenters. The van der Waals surface area contributed by atoms with Gasteiger partial charge in [-0.15, -0.1) is 0 Å². The Balaban J connectivity index is 1.94. The molecular formula is C13H27NO2. The summed E-state index contributed by atoms with van der Waals surface area (Å²) in [5, 5.41) is 3.48. The predicted octanol–water partition coefficient (Wildman–Crippen LogP) is 2.56. The lowest BCUT2D eigenvalue weighted by molar-refractivity contribution is -0.261. The Labute approximate surface area is 99.9 Å². The first-order valence-corrected chi connectivity index (χ1v) is 6.62. The maximum atomic E-state index is 5.61. The molecule has 1 rings (SSSR count). The van der Waals surface area contributed by atoms with Crippen molar-refractivity contribution in [3.8, 4) is 0 Å². The third-order valence-electron chi connectivity index (χ3n) is 2.97. The minimum atomic E-state index is -0.377. The molecule has 0 radical (unpaired) electrons. The molecule has 0 aliphatic carbocycles. The van der Waals surface area contributed by atoms with Gasteiger partial charge in [-0.1, -0.05) is 26.2 Å². The molecule has 1 saturated heterocycles. The molecule has 0 aromatic carbocycles. The van der Waals surface area contributed by atoms with Gasteiger partial charge < -0.3 is 14.8 Å². The topological polar surface area (TPSA) is 30.5 Å². The second-order valence-electron chi connectivity index (χ2n) is 5.15. The molecule has 16 heavy (non-hydrogen) atoms. The molecule has 0 amide bonds. The van der Waals surface area contributed by atoms with Gasteiger partial charge in [0.05, 0.1) is 13.2 Å². The lowest BCUT2D eigenvalue weighted by Crippen LogP contribution is -2.42. The molecule has 0 saturated carbocycles. The smallest absolute Gasteiger partial charge is 0.162 e. The molecular weight excluding hydrogens is 202 g/mol. The number of hydrogen-bond acceptors (Lipinski definition) is 3. The maximum Gasteiger partial charge on any atom is 0.162 e. The van der Waals surface area contributed by atoms with E-state index < -0.39 is 0 Å². The van der Waals surface area contributed by atoms with Crippen LogP contribution >= 0.6 is 0 Å². The van der Waals surface area contributed by atoms with Gasteiger partial charge >= 0.3 is 0 Å². The highest BCUT2D eigenvalue weighted by Gasteiger charge is 2.27. The number of unbranched alkanes of at least 4 members (excludes halogenated alkanes) is 3. The zero-order valence-corrected chi connectivity index (χ0v) is 11.1. The monoisotopic (exact) mass is 229 g/mol. The molecule has 96 valence electrons. The summed E-state index contributed by atoms with van der Waals surface area (Å²) in [6.45, 7) is 9.96. The van der Waals surface area contributed by atoms with E-state index in [1.165, 1.54) is 25.7 Å². The molecule has 3 heteroatoms. The van der Waals surface area contributed by atoms with Crippen LogP contribution in [0.3, 0.4) is 0 Å². The van der Waals surface area contributed by atoms with Gasteiger partial charge in [0, 0.05) is 12.5 Å². The van der Waals surface area contributed by atoms with E-state index in [1.807, 2.05) is 13.8 Å². The largest absolute Gasteiger partial charge is 0.350 e. The molecule has 1 aliphatic heterocycles. The summed E-state index contributed by atoms with van der Waals surface area (Å²) >= 11 is 0. The molecule has 0 aromatic heterocycles. The van der Waals surface area contributed by atoms with Crippen LogP contribution in [0.2, 0.25) is 0 Å². The van der Waals surface area contributed by atoms with Crippen molar-refractivity contribution >= 4 is 0 Å². The van der Waals surface area contributed by atoms with Crippen LogP contribution in [0.15, 0.2) is 0 Å². The van der Waals surface area contributed by atoms with Crippen LogP contribution in [-0.2, 0) is 9.47 Å². The highest BCUT2D eigenvalue weighted by Crippen LogP contribution is 2.19. The number of nitrogens with one attached hydrogen (secondary N) is 1. The van der Waals surface area contributed by atoms with Crippen molar-refractivity contribution in [3.63, 3.8) is 0 Å². The molecule has 1 fully saturated rings. The molecule has 0 unspecified atom stereocenters. The van der Waals surface area contributed by atoms with Crippen molar-refractivity contribution < 1.29 is 9.47 Å². The Morgan fingerprint density at radius 2 is 1.81 bits per heavy atom. The van der Waals surface area contributed by atoms with Crippen molar-refractivity contribution in [1.29, 1.82) is 0 Å². The normalized spacial score (nSPS) is 21.2. The lowest BCUT2D eigenvalue weighted by atomic mass is 10.1. The average molecular weight is 229 g/mol. The average Bonchev–Trinajstić information content (AvgIpc) is 2.25. The Kier molecular flexibility index (Phi) is 6.32. The summed E-state index contributed by atoms with van der Waals surface area (Å²) in [4.78, 5) is 0. The highest BCUT2D eigenvalue weighted by atomic mass is 16.7. The fourth-order valence-electron chi connectivity index (χ4n) is 1.83. The third kappa shape index (κ3) is 5.83. The van der Waals surface area contributed by atoms with Gasteiger partial charge in [0.1, 0.15) is 0 Å². The van der Waals surface area contributed by atoms with Gasteiger partial charge in [0.2, 0.25) is 0 Å². The van der Waals surface area contributed by atoms with E-state index in [0.29, 0.717) is 5.92 Å². The predicted molar refractivity (Wildman–Crippen MR) is 66.5 cm³/mol. The van der Waals surface area contributed by atoms with Gasteiger partial charge in [0.15, 0.2) is 5.79 Å². The first kappa shape index (κ1) is 13.9. The minimum absolute atomic E-state index is 0.377. The number of hydrogen-bond donors (Lipinski definition) is 1.